The van der Waals surface area contributed by atoms with Gasteiger partial charge in [0.2, 0.25) is 0 Å². The third kappa shape index (κ3) is 13.3. The van der Waals surface area contributed by atoms with Gasteiger partial charge in [0, 0.05) is 108 Å². The van der Waals surface area contributed by atoms with Crippen LogP contribution in [0.1, 0.15) is 82.9 Å². The van der Waals surface area contributed by atoms with Crippen LogP contribution in [0.5, 0.6) is 0 Å². The standard InChI is InChI=1S/C35H40ClN5O4S.C30H29BrClN3O3S/c1-21-19-26-31(29(22-7-10-24(36)11-8-22)28(21)30(34(42)43)45-35(2,3)4)46-33(37-26)23-9-12-27-25(20-23)32(38-39(27)5)41-15-13-40(14-16-41)17-18-44-6;1-7-37-29(36)25(38-30(3,4)5)23-16(2)14-21-26(24(23)17-8-11-19(32)12-9-17)39-28(33-21)18-10-13-22-20(15-18)27(31)34-35(22)6/h7-12,19-20,30H,13-18H2,1-6H3,(H,42,43);8-15,25H,7H2,1-6H3/t30-;25-/m00/s1. The summed E-state index contributed by atoms with van der Waals surface area (Å²) < 4.78 is 29.8. The number of rotatable bonds is 15. The van der Waals surface area contributed by atoms with E-state index in [1.165, 1.54) is 0 Å². The number of piperazine rings is 1. The highest BCUT2D eigenvalue weighted by molar-refractivity contribution is 9.10. The first-order valence-electron chi connectivity index (χ1n) is 28.1. The van der Waals surface area contributed by atoms with E-state index in [0.29, 0.717) is 15.6 Å². The van der Waals surface area contributed by atoms with Gasteiger partial charge in [-0.3, -0.25) is 14.3 Å². The number of fused-ring (bicyclic) bond motifs is 4. The Morgan fingerprint density at radius 3 is 1.60 bits per heavy atom. The quantitative estimate of drug-likeness (QED) is 0.0967. The second-order valence-corrected chi connectivity index (χ2v) is 26.8. The highest BCUT2D eigenvalue weighted by Gasteiger charge is 2.35. The summed E-state index contributed by atoms with van der Waals surface area (Å²) in [6, 6.07) is 31.8. The van der Waals surface area contributed by atoms with Crippen LogP contribution in [0.25, 0.3) is 85.6 Å². The van der Waals surface area contributed by atoms with Gasteiger partial charge in [-0.1, -0.05) is 47.5 Å². The molecule has 1 aliphatic heterocycles. The Bertz CT molecular complexity index is 4120. The lowest BCUT2D eigenvalue weighted by Crippen LogP contribution is -2.47. The SMILES string of the molecule is CCOC(=O)[C@@H](OC(C)(C)C)c1c(C)cc2nc(-c3ccc4c(c3)c(Br)nn4C)sc2c1-c1ccc(Cl)cc1.COCCN1CCN(c2nn(C)c3ccc(-c4nc5cc(C)c([C@H](OC(C)(C)C)C(=O)O)c(-c6ccc(Cl)cc6)c5s4)cc23)CC1. The van der Waals surface area contributed by atoms with Crippen LogP contribution in [-0.4, -0.2) is 116 Å². The molecule has 1 aliphatic rings. The van der Waals surface area contributed by atoms with Gasteiger partial charge in [-0.25, -0.2) is 19.6 Å². The Labute approximate surface area is 521 Å². The minimum Gasteiger partial charge on any atom is -0.479 e. The maximum Gasteiger partial charge on any atom is 0.339 e. The Balaban J connectivity index is 0.000000192. The van der Waals surface area contributed by atoms with E-state index in [0.717, 1.165) is 152 Å². The first-order valence-corrected chi connectivity index (χ1v) is 31.3. The number of aliphatic carboxylic acids is 1. The van der Waals surface area contributed by atoms with E-state index in [4.69, 9.17) is 57.2 Å². The molecule has 0 spiro atoms. The number of anilines is 1. The van der Waals surface area contributed by atoms with Crippen molar-refractivity contribution in [3.05, 3.63) is 134 Å². The maximum atomic E-state index is 13.3. The molecule has 0 saturated carbocycles. The molecule has 11 rings (SSSR count). The predicted octanol–water partition coefficient (Wildman–Crippen LogP) is 15.8. The predicted molar refractivity (Wildman–Crippen MR) is 349 cm³/mol. The Hall–Kier alpha value is -6.32. The summed E-state index contributed by atoms with van der Waals surface area (Å²) in [4.78, 5) is 41.0. The third-order valence-corrected chi connectivity index (χ3v) is 18.1. The minimum atomic E-state index is -1.16. The third-order valence-electron chi connectivity index (χ3n) is 14.7. The van der Waals surface area contributed by atoms with Crippen molar-refractivity contribution in [2.75, 3.05) is 57.9 Å². The fourth-order valence-electron chi connectivity index (χ4n) is 10.9. The number of hydrogen-bond donors (Lipinski definition) is 1. The summed E-state index contributed by atoms with van der Waals surface area (Å²) >= 11 is 19.2. The van der Waals surface area contributed by atoms with Gasteiger partial charge in [-0.05, 0) is 173 Å². The van der Waals surface area contributed by atoms with E-state index < -0.39 is 35.3 Å². The molecule has 6 aromatic carbocycles. The monoisotopic (exact) mass is 1290 g/mol. The average Bonchev–Trinajstić information content (AvgIpc) is 3.42. The number of carbonyl (C=O) groups is 2. The van der Waals surface area contributed by atoms with E-state index in [1.54, 1.807) is 36.7 Å². The molecular weight excluding hydrogens is 1220 g/mol. The number of benzene rings is 6. The van der Waals surface area contributed by atoms with Crippen molar-refractivity contribution in [2.45, 2.75) is 85.7 Å². The van der Waals surface area contributed by atoms with Crippen LogP contribution in [0.4, 0.5) is 5.82 Å². The number of carbonyl (C=O) groups excluding carboxylic acids is 1. The van der Waals surface area contributed by atoms with Crippen LogP contribution in [0, 0.1) is 13.8 Å². The molecule has 4 aromatic heterocycles. The molecule has 20 heteroatoms. The summed E-state index contributed by atoms with van der Waals surface area (Å²) in [5.74, 6) is -0.469. The van der Waals surface area contributed by atoms with Crippen LogP contribution in [0.15, 0.2) is 102 Å². The van der Waals surface area contributed by atoms with Crippen molar-refractivity contribution in [3.8, 4) is 43.4 Å². The topological polar surface area (TPSA) is 159 Å². The first-order chi connectivity index (χ1) is 40.4. The van der Waals surface area contributed by atoms with Crippen molar-refractivity contribution in [1.82, 2.24) is 34.4 Å². The minimum absolute atomic E-state index is 0.261. The Morgan fingerprint density at radius 1 is 0.659 bits per heavy atom. The van der Waals surface area contributed by atoms with Gasteiger partial charge in [0.15, 0.2) is 18.0 Å². The molecule has 0 bridgehead atoms. The fourth-order valence-corrected chi connectivity index (χ4v) is 14.0. The van der Waals surface area contributed by atoms with Crippen LogP contribution in [0.3, 0.4) is 0 Å². The molecule has 10 aromatic rings. The zero-order valence-electron chi connectivity index (χ0n) is 49.8. The number of nitrogens with zero attached hydrogens (tertiary/aromatic N) is 8. The van der Waals surface area contributed by atoms with Gasteiger partial charge in [0.1, 0.15) is 14.6 Å². The highest BCUT2D eigenvalue weighted by Crippen LogP contribution is 2.47. The van der Waals surface area contributed by atoms with Crippen LogP contribution >= 0.6 is 61.8 Å². The molecule has 1 fully saturated rings. The van der Waals surface area contributed by atoms with Crippen LogP contribution in [0.2, 0.25) is 10.0 Å². The normalized spacial score (nSPS) is 14.1. The molecule has 0 aliphatic carbocycles. The van der Waals surface area contributed by atoms with Gasteiger partial charge >= 0.3 is 11.9 Å². The number of aromatic nitrogens is 6. The number of aryl methyl sites for hydroxylation is 4. The molecule has 444 valence electrons. The molecule has 5 heterocycles. The number of carboxylic acid groups (broad SMARTS) is 1. The number of methoxy groups -OCH3 is 1. The van der Waals surface area contributed by atoms with Gasteiger partial charge < -0.3 is 29.0 Å². The molecule has 0 amide bonds. The van der Waals surface area contributed by atoms with Gasteiger partial charge in [0.25, 0.3) is 0 Å². The summed E-state index contributed by atoms with van der Waals surface area (Å²) in [6.45, 7) is 22.8. The molecule has 0 radical (unpaired) electrons. The summed E-state index contributed by atoms with van der Waals surface area (Å²) in [5, 5.41) is 24.9. The number of halogens is 3. The van der Waals surface area contributed by atoms with Crippen molar-refractivity contribution in [2.24, 2.45) is 14.1 Å². The number of hydrogen-bond acceptors (Lipinski definition) is 14. The number of esters is 1. The van der Waals surface area contributed by atoms with Gasteiger partial charge in [0.05, 0.1) is 55.9 Å². The Morgan fingerprint density at radius 2 is 1.12 bits per heavy atom. The van der Waals surface area contributed by atoms with Crippen LogP contribution < -0.4 is 4.90 Å². The molecular formula is C65H69BrCl2N8O7S2. The molecule has 85 heavy (non-hydrogen) atoms. The van der Waals surface area contributed by atoms with Crippen molar-refractivity contribution < 1.29 is 33.6 Å². The first kappa shape index (κ1) is 61.8. The molecule has 0 unspecified atom stereocenters. The van der Waals surface area contributed by atoms with Crippen molar-refractivity contribution >= 4 is 122 Å². The second-order valence-electron chi connectivity index (χ2n) is 23.2. The fraction of sp³-hybridized carbons (Fsp3) is 0.354. The second kappa shape index (κ2) is 25.2. The lowest BCUT2D eigenvalue weighted by molar-refractivity contribution is -0.166. The maximum absolute atomic E-state index is 13.3. The van der Waals surface area contributed by atoms with Gasteiger partial charge in [-0.15, -0.1) is 22.7 Å². The molecule has 1 N–H and O–H groups in total. The number of carboxylic acids is 1. The molecule has 1 saturated heterocycles. The van der Waals surface area contributed by atoms with Crippen molar-refractivity contribution in [3.63, 3.8) is 0 Å². The van der Waals surface area contributed by atoms with E-state index >= 15 is 0 Å². The molecule has 2 atom stereocenters. The largest absolute Gasteiger partial charge is 0.479 e. The van der Waals surface area contributed by atoms with E-state index in [-0.39, 0.29) is 6.61 Å². The zero-order valence-corrected chi connectivity index (χ0v) is 54.5. The summed E-state index contributed by atoms with van der Waals surface area (Å²) in [5.41, 5.74) is 11.1. The lowest BCUT2D eigenvalue weighted by Gasteiger charge is -2.34. The lowest BCUT2D eigenvalue weighted by atomic mass is 9.91. The number of ether oxygens (including phenoxy) is 4. The summed E-state index contributed by atoms with van der Waals surface area (Å²) in [7, 11) is 5.65. The summed E-state index contributed by atoms with van der Waals surface area (Å²) in [6.07, 6.45) is -2.07. The molecule has 15 nitrogen and oxygen atoms in total. The van der Waals surface area contributed by atoms with E-state index in [1.807, 2.05) is 140 Å². The van der Waals surface area contributed by atoms with Crippen molar-refractivity contribution in [1.29, 1.82) is 0 Å². The van der Waals surface area contributed by atoms with Crippen LogP contribution in [-0.2, 0) is 42.6 Å². The van der Waals surface area contributed by atoms with E-state index in [9.17, 15) is 14.7 Å². The highest BCUT2D eigenvalue weighted by atomic mass is 79.9. The van der Waals surface area contributed by atoms with E-state index in [2.05, 4.69) is 67.2 Å². The smallest absolute Gasteiger partial charge is 0.339 e. The number of thiazole rings is 2. The average molecular weight is 1290 g/mol. The Kier molecular flexibility index (Phi) is 18.3. The van der Waals surface area contributed by atoms with Gasteiger partial charge in [-0.2, -0.15) is 10.2 Å². The zero-order chi connectivity index (χ0) is 60.8.